The summed E-state index contributed by atoms with van der Waals surface area (Å²) < 4.78 is 13.0. The fourth-order valence-corrected chi connectivity index (χ4v) is 8.68. The highest BCUT2D eigenvalue weighted by molar-refractivity contribution is 6.12. The van der Waals surface area contributed by atoms with Crippen molar-refractivity contribution in [2.45, 2.75) is 0 Å². The smallest absolute Gasteiger partial charge is 0.231 e. The highest BCUT2D eigenvalue weighted by atomic mass is 16.3. The Labute approximate surface area is 356 Å². The fraction of sp³-hybridized carbons (Fsp3) is 0. The number of hydrogen-bond donors (Lipinski definition) is 0. The Morgan fingerprint density at radius 1 is 0.274 bits per heavy atom. The van der Waals surface area contributed by atoms with Crippen LogP contribution in [0.2, 0.25) is 0 Å². The van der Waals surface area contributed by atoms with E-state index < -0.39 is 0 Å². The highest BCUT2D eigenvalue weighted by Crippen LogP contribution is 2.43. The molecule has 0 aliphatic heterocycles. The Bertz CT molecular complexity index is 3410. The van der Waals surface area contributed by atoms with Crippen molar-refractivity contribution in [1.29, 1.82) is 0 Å². The lowest BCUT2D eigenvalue weighted by Crippen LogP contribution is -1.98. The topological polar surface area (TPSA) is 77.8 Å². The van der Waals surface area contributed by atoms with E-state index in [0.717, 1.165) is 99.7 Å². The third-order valence-electron chi connectivity index (χ3n) is 11.6. The first-order valence-corrected chi connectivity index (χ1v) is 20.6. The van der Waals surface area contributed by atoms with E-state index >= 15 is 0 Å². The van der Waals surface area contributed by atoms with E-state index in [1.165, 1.54) is 0 Å². The SMILES string of the molecule is c1ccc(-c2cccc(-c3nc(-c4ccccc4-c4ccccc4-c4nc(-c5cccc(-c6ccccc6)c5)c5c(n4)oc4ccccc45)nc4oc5ccccc5c34)c2)cc1. The summed E-state index contributed by atoms with van der Waals surface area (Å²) in [5.74, 6) is 1.10. The van der Waals surface area contributed by atoms with Crippen molar-refractivity contribution < 1.29 is 8.83 Å². The molecule has 62 heavy (non-hydrogen) atoms. The predicted molar refractivity (Wildman–Crippen MR) is 250 cm³/mol. The van der Waals surface area contributed by atoms with Gasteiger partial charge in [-0.25, -0.2) is 9.97 Å². The maximum Gasteiger partial charge on any atom is 0.231 e. The van der Waals surface area contributed by atoms with E-state index in [1.807, 2.05) is 72.8 Å². The molecule has 0 saturated heterocycles. The molecule has 6 heteroatoms. The third kappa shape index (κ3) is 6.04. The number of nitrogens with zero attached hydrogens (tertiary/aromatic N) is 4. The Kier molecular flexibility index (Phi) is 8.38. The van der Waals surface area contributed by atoms with E-state index in [1.54, 1.807) is 0 Å². The molecule has 0 fully saturated rings. The van der Waals surface area contributed by atoms with Gasteiger partial charge in [0.05, 0.1) is 22.2 Å². The van der Waals surface area contributed by atoms with Crippen LogP contribution in [0.5, 0.6) is 0 Å². The van der Waals surface area contributed by atoms with Crippen LogP contribution in [0.4, 0.5) is 0 Å². The molecule has 0 amide bonds. The minimum absolute atomic E-state index is 0.528. The Morgan fingerprint density at radius 2 is 0.629 bits per heavy atom. The first kappa shape index (κ1) is 35.5. The van der Waals surface area contributed by atoms with Crippen LogP contribution in [0.3, 0.4) is 0 Å². The highest BCUT2D eigenvalue weighted by Gasteiger charge is 2.23. The van der Waals surface area contributed by atoms with E-state index in [-0.39, 0.29) is 0 Å². The summed E-state index contributed by atoms with van der Waals surface area (Å²) in [6.07, 6.45) is 0. The van der Waals surface area contributed by atoms with Gasteiger partial charge in [0.25, 0.3) is 0 Å². The summed E-state index contributed by atoms with van der Waals surface area (Å²) in [7, 11) is 0. The first-order chi connectivity index (χ1) is 30.7. The normalized spacial score (nSPS) is 11.5. The lowest BCUT2D eigenvalue weighted by atomic mass is 9.94. The van der Waals surface area contributed by atoms with Gasteiger partial charge in [0.15, 0.2) is 11.6 Å². The molecule has 0 N–H and O–H groups in total. The van der Waals surface area contributed by atoms with Crippen molar-refractivity contribution in [3.8, 4) is 78.7 Å². The molecule has 0 aliphatic carbocycles. The van der Waals surface area contributed by atoms with Crippen LogP contribution in [0.15, 0.2) is 215 Å². The van der Waals surface area contributed by atoms with Gasteiger partial charge in [-0.2, -0.15) is 9.97 Å². The van der Waals surface area contributed by atoms with Gasteiger partial charge < -0.3 is 8.83 Å². The van der Waals surface area contributed by atoms with Gasteiger partial charge in [-0.1, -0.05) is 182 Å². The molecule has 0 aliphatic rings. The quantitative estimate of drug-likeness (QED) is 0.160. The summed E-state index contributed by atoms with van der Waals surface area (Å²) in [4.78, 5) is 21.2. The lowest BCUT2D eigenvalue weighted by molar-refractivity contribution is 0.653. The monoisotopic (exact) mass is 794 g/mol. The lowest BCUT2D eigenvalue weighted by Gasteiger charge is -2.15. The van der Waals surface area contributed by atoms with E-state index in [0.29, 0.717) is 23.1 Å². The number of rotatable bonds is 7. The van der Waals surface area contributed by atoms with E-state index in [9.17, 15) is 0 Å². The second-order valence-corrected chi connectivity index (χ2v) is 15.3. The molecular weight excluding hydrogens is 761 g/mol. The maximum atomic E-state index is 6.51. The Hall–Kier alpha value is -8.48. The molecule has 0 saturated carbocycles. The summed E-state index contributed by atoms with van der Waals surface area (Å²) in [5, 5.41) is 3.69. The molecular formula is C56H34N4O2. The number of benzene rings is 8. The van der Waals surface area contributed by atoms with Crippen LogP contribution in [-0.4, -0.2) is 19.9 Å². The van der Waals surface area contributed by atoms with Crippen molar-refractivity contribution in [2.75, 3.05) is 0 Å². The van der Waals surface area contributed by atoms with Gasteiger partial charge in [0, 0.05) is 33.0 Å². The number of fused-ring (bicyclic) bond motifs is 6. The number of furan rings is 2. The minimum Gasteiger partial charge on any atom is -0.438 e. The van der Waals surface area contributed by atoms with Gasteiger partial charge in [-0.3, -0.25) is 0 Å². The summed E-state index contributed by atoms with van der Waals surface area (Å²) in [6, 6.07) is 70.5. The third-order valence-corrected chi connectivity index (χ3v) is 11.6. The molecule has 8 aromatic carbocycles. The zero-order valence-corrected chi connectivity index (χ0v) is 33.2. The van der Waals surface area contributed by atoms with Crippen LogP contribution in [0.25, 0.3) is 123 Å². The average Bonchev–Trinajstić information content (AvgIpc) is 3.92. The van der Waals surface area contributed by atoms with E-state index in [2.05, 4.69) is 133 Å². The molecule has 290 valence electrons. The van der Waals surface area contributed by atoms with Crippen LogP contribution in [0.1, 0.15) is 0 Å². The number of aromatic nitrogens is 4. The molecule has 6 nitrogen and oxygen atoms in total. The van der Waals surface area contributed by atoms with Gasteiger partial charge in [0.1, 0.15) is 11.2 Å². The molecule has 12 rings (SSSR count). The van der Waals surface area contributed by atoms with Crippen LogP contribution in [0, 0.1) is 0 Å². The zero-order valence-electron chi connectivity index (χ0n) is 33.2. The summed E-state index contributed by atoms with van der Waals surface area (Å²) >= 11 is 0. The average molecular weight is 795 g/mol. The molecule has 0 spiro atoms. The van der Waals surface area contributed by atoms with Gasteiger partial charge in [-0.05, 0) is 57.6 Å². The summed E-state index contributed by atoms with van der Waals surface area (Å²) in [5.41, 5.74) is 14.2. The largest absolute Gasteiger partial charge is 0.438 e. The maximum absolute atomic E-state index is 6.51. The summed E-state index contributed by atoms with van der Waals surface area (Å²) in [6.45, 7) is 0. The first-order valence-electron chi connectivity index (χ1n) is 20.6. The standard InChI is InChI=1S/C56H34N4O2/c1-3-17-35(18-4-1)37-21-15-23-39(33-37)51-49-45-29-11-13-31-47(45)61-55(49)59-53(57-51)43-27-9-7-25-41(43)42-26-8-10-28-44(42)54-58-52(50-46-30-12-14-32-48(46)62-56(50)60-54)40-24-16-22-38(34-40)36-19-5-2-6-20-36/h1-34H. The van der Waals surface area contributed by atoms with Crippen LogP contribution >= 0.6 is 0 Å². The minimum atomic E-state index is 0.528. The van der Waals surface area contributed by atoms with Crippen molar-refractivity contribution in [3.63, 3.8) is 0 Å². The van der Waals surface area contributed by atoms with Crippen LogP contribution in [-0.2, 0) is 0 Å². The second-order valence-electron chi connectivity index (χ2n) is 15.3. The fourth-order valence-electron chi connectivity index (χ4n) is 8.68. The van der Waals surface area contributed by atoms with Gasteiger partial charge >= 0.3 is 0 Å². The molecule has 0 unspecified atom stereocenters. The van der Waals surface area contributed by atoms with Crippen molar-refractivity contribution >= 4 is 44.1 Å². The molecule has 0 atom stereocenters. The zero-order chi connectivity index (χ0) is 41.0. The second kappa shape index (κ2) is 14.7. The molecule has 12 aromatic rings. The van der Waals surface area contributed by atoms with Crippen molar-refractivity contribution in [2.24, 2.45) is 0 Å². The molecule has 0 radical (unpaired) electrons. The van der Waals surface area contributed by atoms with E-state index in [4.69, 9.17) is 28.8 Å². The molecule has 4 heterocycles. The number of hydrogen-bond acceptors (Lipinski definition) is 6. The Balaban J connectivity index is 1.05. The van der Waals surface area contributed by atoms with Crippen LogP contribution < -0.4 is 0 Å². The van der Waals surface area contributed by atoms with Crippen molar-refractivity contribution in [1.82, 2.24) is 19.9 Å². The number of para-hydroxylation sites is 2. The molecule has 0 bridgehead atoms. The predicted octanol–water partition coefficient (Wildman–Crippen LogP) is 14.7. The molecule has 4 aromatic heterocycles. The van der Waals surface area contributed by atoms with Crippen molar-refractivity contribution in [3.05, 3.63) is 206 Å². The van der Waals surface area contributed by atoms with Gasteiger partial charge in [0.2, 0.25) is 11.4 Å². The van der Waals surface area contributed by atoms with Gasteiger partial charge in [-0.15, -0.1) is 0 Å². The Morgan fingerprint density at radius 3 is 1.08 bits per heavy atom.